The Kier molecular flexibility index (Phi) is 24.5. The van der Waals surface area contributed by atoms with Crippen LogP contribution >= 0.6 is 0 Å². The molecule has 0 aromatic rings. The summed E-state index contributed by atoms with van der Waals surface area (Å²) in [6.07, 6.45) is 8.59. The second kappa shape index (κ2) is 19.8. The molecule has 1 radical (unpaired) electrons. The van der Waals surface area contributed by atoms with Crippen LogP contribution in [-0.4, -0.2) is 11.9 Å². The standard InChI is InChI=1S/2C7H14O2.Cu/c2*1-2-3-4-5-6-7(8)9;/h2*2-6H2,1H3,(H,8,9);/q;;+2/p-2. The first-order valence-corrected chi connectivity index (χ1v) is 6.94. The zero-order chi connectivity index (χ0) is 14.2. The number of hydrogen-bond acceptors (Lipinski definition) is 4. The second-order valence-electron chi connectivity index (χ2n) is 4.37. The van der Waals surface area contributed by atoms with E-state index in [1.54, 1.807) is 0 Å². The second-order valence-corrected chi connectivity index (χ2v) is 4.37. The monoisotopic (exact) mass is 321 g/mol. The Bertz CT molecular complexity index is 186. The van der Waals surface area contributed by atoms with Crippen molar-refractivity contribution >= 4 is 11.9 Å². The summed E-state index contributed by atoms with van der Waals surface area (Å²) >= 11 is 0. The van der Waals surface area contributed by atoms with Gasteiger partial charge in [0.2, 0.25) is 0 Å². The number of carbonyl (C=O) groups excluding carboxylic acids is 2. The van der Waals surface area contributed by atoms with Gasteiger partial charge in [0.1, 0.15) is 0 Å². The Morgan fingerprint density at radius 2 is 1.00 bits per heavy atom. The molecule has 0 atom stereocenters. The largest absolute Gasteiger partial charge is 2.00 e. The first kappa shape index (κ1) is 23.5. The third-order valence-corrected chi connectivity index (χ3v) is 2.47. The minimum absolute atomic E-state index is 0. The SMILES string of the molecule is CCCCCCC(=O)[O-].CCCCCCC(=O)[O-].[Cu+2]. The quantitative estimate of drug-likeness (QED) is 0.450. The summed E-state index contributed by atoms with van der Waals surface area (Å²) in [6, 6.07) is 0. The number of carbonyl (C=O) groups is 2. The molecule has 0 aliphatic rings. The van der Waals surface area contributed by atoms with Crippen LogP contribution in [0.25, 0.3) is 0 Å². The molecule has 117 valence electrons. The first-order valence-electron chi connectivity index (χ1n) is 6.94. The molecule has 0 aliphatic carbocycles. The summed E-state index contributed by atoms with van der Waals surface area (Å²) in [5.74, 6) is -1.85. The van der Waals surface area contributed by atoms with Crippen LogP contribution in [0.4, 0.5) is 0 Å². The van der Waals surface area contributed by atoms with Gasteiger partial charge in [-0.2, -0.15) is 0 Å². The fourth-order valence-electron chi connectivity index (χ4n) is 1.39. The molecule has 0 rings (SSSR count). The molecule has 0 heterocycles. The molecule has 4 nitrogen and oxygen atoms in total. The molecule has 0 aromatic carbocycles. The molecule has 0 aromatic heterocycles. The summed E-state index contributed by atoms with van der Waals surface area (Å²) < 4.78 is 0. The van der Waals surface area contributed by atoms with Crippen molar-refractivity contribution in [3.63, 3.8) is 0 Å². The third-order valence-electron chi connectivity index (χ3n) is 2.47. The average Bonchev–Trinajstić information content (AvgIpc) is 2.31. The van der Waals surface area contributed by atoms with Crippen molar-refractivity contribution in [1.82, 2.24) is 0 Å². The van der Waals surface area contributed by atoms with Crippen LogP contribution in [0.1, 0.15) is 78.1 Å². The Labute approximate surface area is 127 Å². The van der Waals surface area contributed by atoms with Crippen molar-refractivity contribution in [2.24, 2.45) is 0 Å². The molecule has 5 heteroatoms. The van der Waals surface area contributed by atoms with Crippen LogP contribution in [0, 0.1) is 0 Å². The molecule has 0 saturated carbocycles. The van der Waals surface area contributed by atoms with Crippen LogP contribution in [-0.2, 0) is 26.7 Å². The van der Waals surface area contributed by atoms with Crippen molar-refractivity contribution in [2.45, 2.75) is 78.1 Å². The third kappa shape index (κ3) is 31.8. The van der Waals surface area contributed by atoms with Crippen LogP contribution in [0.3, 0.4) is 0 Å². The molecule has 0 N–H and O–H groups in total. The fourth-order valence-corrected chi connectivity index (χ4v) is 1.39. The van der Waals surface area contributed by atoms with E-state index in [0.29, 0.717) is 0 Å². The molecule has 0 aliphatic heterocycles. The van der Waals surface area contributed by atoms with Gasteiger partial charge in [-0.3, -0.25) is 0 Å². The van der Waals surface area contributed by atoms with Crippen molar-refractivity contribution in [2.75, 3.05) is 0 Å². The van der Waals surface area contributed by atoms with E-state index in [1.807, 2.05) is 0 Å². The molecule has 0 bridgehead atoms. The predicted octanol–water partition coefficient (Wildman–Crippen LogP) is 1.41. The van der Waals surface area contributed by atoms with E-state index in [1.165, 1.54) is 0 Å². The van der Waals surface area contributed by atoms with E-state index in [0.717, 1.165) is 51.4 Å². The molecule has 19 heavy (non-hydrogen) atoms. The summed E-state index contributed by atoms with van der Waals surface area (Å²) in [7, 11) is 0. The summed E-state index contributed by atoms with van der Waals surface area (Å²) in [6.45, 7) is 4.19. The van der Waals surface area contributed by atoms with Crippen LogP contribution < -0.4 is 10.2 Å². The van der Waals surface area contributed by atoms with Crippen molar-refractivity contribution in [3.8, 4) is 0 Å². The van der Waals surface area contributed by atoms with Gasteiger partial charge in [-0.1, -0.05) is 52.4 Å². The Morgan fingerprint density at radius 1 is 0.684 bits per heavy atom. The smallest absolute Gasteiger partial charge is 0.550 e. The minimum atomic E-state index is -0.925. The van der Waals surface area contributed by atoms with Crippen LogP contribution in [0.2, 0.25) is 0 Å². The number of unbranched alkanes of at least 4 members (excludes halogenated alkanes) is 6. The van der Waals surface area contributed by atoms with E-state index < -0.39 is 11.9 Å². The molecule has 0 amide bonds. The van der Waals surface area contributed by atoms with Gasteiger partial charge in [-0.25, -0.2) is 0 Å². The maximum absolute atomic E-state index is 9.85. The van der Waals surface area contributed by atoms with Gasteiger partial charge < -0.3 is 19.8 Å². The van der Waals surface area contributed by atoms with Crippen molar-refractivity contribution in [3.05, 3.63) is 0 Å². The van der Waals surface area contributed by atoms with Crippen LogP contribution in [0.15, 0.2) is 0 Å². The zero-order valence-electron chi connectivity index (χ0n) is 12.0. The van der Waals surface area contributed by atoms with E-state index in [9.17, 15) is 19.8 Å². The van der Waals surface area contributed by atoms with Gasteiger partial charge in [0.25, 0.3) is 0 Å². The van der Waals surface area contributed by atoms with E-state index in [4.69, 9.17) is 0 Å². The summed E-state index contributed by atoms with van der Waals surface area (Å²) in [4.78, 5) is 19.7. The van der Waals surface area contributed by atoms with E-state index in [-0.39, 0.29) is 29.9 Å². The first-order chi connectivity index (χ1) is 8.54. The van der Waals surface area contributed by atoms with Gasteiger partial charge in [-0.05, 0) is 25.7 Å². The Morgan fingerprint density at radius 3 is 1.21 bits per heavy atom. The van der Waals surface area contributed by atoms with Gasteiger partial charge in [0.05, 0.1) is 0 Å². The van der Waals surface area contributed by atoms with Crippen molar-refractivity contribution < 1.29 is 36.9 Å². The van der Waals surface area contributed by atoms with Gasteiger partial charge in [-0.15, -0.1) is 0 Å². The van der Waals surface area contributed by atoms with E-state index >= 15 is 0 Å². The van der Waals surface area contributed by atoms with E-state index in [2.05, 4.69) is 13.8 Å². The average molecular weight is 322 g/mol. The topological polar surface area (TPSA) is 80.3 Å². The predicted molar refractivity (Wildman–Crippen MR) is 67.5 cm³/mol. The zero-order valence-corrected chi connectivity index (χ0v) is 12.9. The normalized spacial score (nSPS) is 8.95. The molecule has 0 spiro atoms. The number of carboxylic acids is 2. The summed E-state index contributed by atoms with van der Waals surface area (Å²) in [5.41, 5.74) is 0. The molecular formula is C14H26CuO4. The molecular weight excluding hydrogens is 296 g/mol. The number of aliphatic carboxylic acids is 2. The molecule has 0 unspecified atom stereocenters. The maximum atomic E-state index is 9.85. The summed E-state index contributed by atoms with van der Waals surface area (Å²) in [5, 5.41) is 19.7. The van der Waals surface area contributed by atoms with Gasteiger partial charge in [0.15, 0.2) is 0 Å². The minimum Gasteiger partial charge on any atom is -0.550 e. The molecule has 0 saturated heterocycles. The number of rotatable bonds is 10. The van der Waals surface area contributed by atoms with Crippen molar-refractivity contribution in [1.29, 1.82) is 0 Å². The Balaban J connectivity index is -0.000000256. The number of hydrogen-bond donors (Lipinski definition) is 0. The maximum Gasteiger partial charge on any atom is 2.00 e. The van der Waals surface area contributed by atoms with Gasteiger partial charge >= 0.3 is 17.1 Å². The Hall–Kier alpha value is -0.541. The molecule has 0 fully saturated rings. The fraction of sp³-hybridized carbons (Fsp3) is 0.857. The van der Waals surface area contributed by atoms with Crippen LogP contribution in [0.5, 0.6) is 0 Å². The van der Waals surface area contributed by atoms with Gasteiger partial charge in [0, 0.05) is 11.9 Å². The number of carboxylic acid groups (broad SMARTS) is 2.